The van der Waals surface area contributed by atoms with Crippen molar-refractivity contribution >= 4 is 34.0 Å². The number of carboxylic acid groups (broad SMARTS) is 2. The molecule has 2 N–H and O–H groups in total. The number of aromatic nitrogens is 2. The summed E-state index contributed by atoms with van der Waals surface area (Å²) in [5.41, 5.74) is 2.23. The zero-order valence-corrected chi connectivity index (χ0v) is 15.9. The van der Waals surface area contributed by atoms with Gasteiger partial charge >= 0.3 is 11.9 Å². The Morgan fingerprint density at radius 3 is 2.29 bits per heavy atom. The number of aromatic carboxylic acids is 2. The third kappa shape index (κ3) is 2.52. The quantitative estimate of drug-likeness (QED) is 0.716. The van der Waals surface area contributed by atoms with E-state index in [9.17, 15) is 19.8 Å². The minimum atomic E-state index is -1.27. The monoisotopic (exact) mass is 383 g/mol. The largest absolute Gasteiger partial charge is 0.478 e. The van der Waals surface area contributed by atoms with Gasteiger partial charge in [-0.3, -0.25) is 0 Å². The molecule has 8 nitrogen and oxygen atoms in total. The van der Waals surface area contributed by atoms with Crippen molar-refractivity contribution < 1.29 is 24.5 Å². The van der Waals surface area contributed by atoms with Crippen molar-refractivity contribution in [3.63, 3.8) is 0 Å². The molecule has 8 heteroatoms. The summed E-state index contributed by atoms with van der Waals surface area (Å²) in [6.07, 6.45) is 0. The molecule has 0 aliphatic carbocycles. The maximum absolute atomic E-state index is 12.0. The molecule has 0 radical (unpaired) electrons. The van der Waals surface area contributed by atoms with Crippen LogP contribution in [-0.4, -0.2) is 58.1 Å². The highest BCUT2D eigenvalue weighted by molar-refractivity contribution is 6.16. The Kier molecular flexibility index (Phi) is 4.23. The summed E-state index contributed by atoms with van der Waals surface area (Å²) < 4.78 is 6.92. The number of carboxylic acids is 2. The molecule has 1 aromatic carbocycles. The van der Waals surface area contributed by atoms with Crippen LogP contribution in [0, 0.1) is 20.8 Å². The molecule has 0 atom stereocenters. The average Bonchev–Trinajstić information content (AvgIpc) is 2.98. The lowest BCUT2D eigenvalue weighted by atomic mass is 9.99. The number of carbonyl (C=O) groups is 2. The second kappa shape index (κ2) is 6.49. The molecular formula is C20H21N3O5. The second-order valence-corrected chi connectivity index (χ2v) is 7.06. The maximum Gasteiger partial charge on any atom is 0.338 e. The van der Waals surface area contributed by atoms with E-state index >= 15 is 0 Å². The molecular weight excluding hydrogens is 362 g/mol. The predicted molar refractivity (Wildman–Crippen MR) is 104 cm³/mol. The van der Waals surface area contributed by atoms with E-state index < -0.39 is 11.9 Å². The number of morpholine rings is 1. The zero-order valence-electron chi connectivity index (χ0n) is 15.9. The standard InChI is InChI=1S/C20H21N3O5/c1-10-4-5-13-14(11(10)2)18(22-6-8-28-9-7-22)21-23-12(3)15(19(24)25)16(17(13)23)20(26)27/h4-5H,6-9H2,1-3H3,(H,24,25)(H,26,27). The number of ether oxygens (including phenoxy) is 1. The topological polar surface area (TPSA) is 104 Å². The van der Waals surface area contributed by atoms with Crippen LogP contribution in [0.1, 0.15) is 37.5 Å². The Hall–Kier alpha value is -3.13. The molecule has 1 fully saturated rings. The molecule has 3 heterocycles. The number of rotatable bonds is 3. The van der Waals surface area contributed by atoms with Crippen LogP contribution in [-0.2, 0) is 4.74 Å². The molecule has 0 unspecified atom stereocenters. The van der Waals surface area contributed by atoms with Gasteiger partial charge in [-0.1, -0.05) is 12.1 Å². The van der Waals surface area contributed by atoms with E-state index in [4.69, 9.17) is 9.84 Å². The minimum absolute atomic E-state index is 0.223. The van der Waals surface area contributed by atoms with Gasteiger partial charge in [0.15, 0.2) is 5.82 Å². The highest BCUT2D eigenvalue weighted by Crippen LogP contribution is 2.36. The first-order valence-electron chi connectivity index (χ1n) is 9.07. The van der Waals surface area contributed by atoms with E-state index in [1.807, 2.05) is 26.0 Å². The normalized spacial score (nSPS) is 14.8. The average molecular weight is 383 g/mol. The van der Waals surface area contributed by atoms with Gasteiger partial charge in [-0.25, -0.2) is 14.1 Å². The molecule has 1 aliphatic heterocycles. The Morgan fingerprint density at radius 2 is 1.68 bits per heavy atom. The van der Waals surface area contributed by atoms with Crippen LogP contribution in [0.25, 0.3) is 16.3 Å². The fourth-order valence-corrected chi connectivity index (χ4v) is 3.97. The van der Waals surface area contributed by atoms with Gasteiger partial charge in [0.1, 0.15) is 5.56 Å². The zero-order chi connectivity index (χ0) is 20.2. The highest BCUT2D eigenvalue weighted by atomic mass is 16.5. The van der Waals surface area contributed by atoms with E-state index in [0.717, 1.165) is 22.3 Å². The van der Waals surface area contributed by atoms with Gasteiger partial charge in [0.05, 0.1) is 30.0 Å². The van der Waals surface area contributed by atoms with E-state index in [1.165, 1.54) is 4.52 Å². The van der Waals surface area contributed by atoms with Crippen molar-refractivity contribution in [2.45, 2.75) is 20.8 Å². The van der Waals surface area contributed by atoms with Crippen LogP contribution in [0.3, 0.4) is 0 Å². The number of fused-ring (bicyclic) bond motifs is 3. The van der Waals surface area contributed by atoms with Gasteiger partial charge in [-0.05, 0) is 31.9 Å². The Labute approximate surface area is 160 Å². The lowest BCUT2D eigenvalue weighted by molar-refractivity contribution is 0.0653. The number of nitrogens with zero attached hydrogens (tertiary/aromatic N) is 3. The molecule has 3 aromatic rings. The summed E-state index contributed by atoms with van der Waals surface area (Å²) in [6.45, 7) is 8.05. The van der Waals surface area contributed by atoms with Crippen molar-refractivity contribution in [1.82, 2.24) is 9.61 Å². The lowest BCUT2D eigenvalue weighted by Crippen LogP contribution is -2.37. The molecule has 146 valence electrons. The number of anilines is 1. The van der Waals surface area contributed by atoms with Crippen LogP contribution in [0.5, 0.6) is 0 Å². The fourth-order valence-electron chi connectivity index (χ4n) is 3.97. The van der Waals surface area contributed by atoms with Gasteiger partial charge in [0.2, 0.25) is 0 Å². The number of hydrogen-bond donors (Lipinski definition) is 2. The third-order valence-corrected chi connectivity index (χ3v) is 5.53. The first kappa shape index (κ1) is 18.2. The highest BCUT2D eigenvalue weighted by Gasteiger charge is 2.30. The van der Waals surface area contributed by atoms with Gasteiger partial charge in [-0.2, -0.15) is 0 Å². The Bertz CT molecular complexity index is 1140. The van der Waals surface area contributed by atoms with E-state index in [2.05, 4.69) is 4.90 Å². The van der Waals surface area contributed by atoms with E-state index in [0.29, 0.717) is 42.9 Å². The predicted octanol–water partition coefficient (Wildman–Crippen LogP) is 2.65. The summed E-state index contributed by atoms with van der Waals surface area (Å²) in [6, 6.07) is 3.78. The van der Waals surface area contributed by atoms with Gasteiger partial charge in [0.25, 0.3) is 0 Å². The third-order valence-electron chi connectivity index (χ3n) is 5.53. The van der Waals surface area contributed by atoms with Crippen LogP contribution < -0.4 is 4.90 Å². The van der Waals surface area contributed by atoms with Crippen molar-refractivity contribution in [2.24, 2.45) is 0 Å². The van der Waals surface area contributed by atoms with Crippen molar-refractivity contribution in [3.8, 4) is 0 Å². The van der Waals surface area contributed by atoms with Gasteiger partial charge < -0.3 is 19.8 Å². The number of hydrogen-bond acceptors (Lipinski definition) is 5. The second-order valence-electron chi connectivity index (χ2n) is 7.06. The molecule has 2 aromatic heterocycles. The van der Waals surface area contributed by atoms with Crippen LogP contribution >= 0.6 is 0 Å². The van der Waals surface area contributed by atoms with E-state index in [-0.39, 0.29) is 11.1 Å². The van der Waals surface area contributed by atoms with Crippen molar-refractivity contribution in [1.29, 1.82) is 0 Å². The van der Waals surface area contributed by atoms with Gasteiger partial charge in [-0.15, -0.1) is 5.10 Å². The summed E-state index contributed by atoms with van der Waals surface area (Å²) in [7, 11) is 0. The molecule has 1 saturated heterocycles. The Balaban J connectivity index is 2.22. The molecule has 0 amide bonds. The van der Waals surface area contributed by atoms with E-state index in [1.54, 1.807) is 6.92 Å². The molecule has 0 spiro atoms. The first-order valence-corrected chi connectivity index (χ1v) is 9.07. The fraction of sp³-hybridized carbons (Fsp3) is 0.350. The van der Waals surface area contributed by atoms with Crippen molar-refractivity contribution in [2.75, 3.05) is 31.2 Å². The first-order chi connectivity index (χ1) is 13.3. The van der Waals surface area contributed by atoms with Crippen LogP contribution in [0.2, 0.25) is 0 Å². The SMILES string of the molecule is Cc1ccc2c(c(N3CCOCC3)nn3c(C)c(C(=O)O)c(C(=O)O)c23)c1C. The summed E-state index contributed by atoms with van der Waals surface area (Å²) in [5.74, 6) is -1.83. The molecule has 28 heavy (non-hydrogen) atoms. The minimum Gasteiger partial charge on any atom is -0.478 e. The van der Waals surface area contributed by atoms with Crippen LogP contribution in [0.15, 0.2) is 12.1 Å². The molecule has 4 rings (SSSR count). The van der Waals surface area contributed by atoms with Crippen LogP contribution in [0.4, 0.5) is 5.82 Å². The molecule has 1 aliphatic rings. The number of aryl methyl sites for hydroxylation is 3. The Morgan fingerprint density at radius 1 is 1.04 bits per heavy atom. The summed E-state index contributed by atoms with van der Waals surface area (Å²) in [4.78, 5) is 25.9. The lowest BCUT2D eigenvalue weighted by Gasteiger charge is -2.29. The van der Waals surface area contributed by atoms with Gasteiger partial charge in [0, 0.05) is 23.9 Å². The maximum atomic E-state index is 12.0. The molecule has 0 bridgehead atoms. The number of benzene rings is 1. The van der Waals surface area contributed by atoms with Crippen molar-refractivity contribution in [3.05, 3.63) is 40.1 Å². The smallest absolute Gasteiger partial charge is 0.338 e. The summed E-state index contributed by atoms with van der Waals surface area (Å²) in [5, 5.41) is 25.7. The molecule has 0 saturated carbocycles. The summed E-state index contributed by atoms with van der Waals surface area (Å²) >= 11 is 0.